The quantitative estimate of drug-likeness (QED) is 0.680. The van der Waals surface area contributed by atoms with Gasteiger partial charge in [-0.1, -0.05) is 26.0 Å². The fraction of sp³-hybridized carbons (Fsp3) is 0.556. The number of ketones is 2. The monoisotopic (exact) mass is 338 g/mol. The first-order valence-electron chi connectivity index (χ1n) is 7.93. The Morgan fingerprint density at radius 3 is 1.78 bits per heavy atom. The van der Waals surface area contributed by atoms with Crippen LogP contribution in [0.1, 0.15) is 58.9 Å². The van der Waals surface area contributed by atoms with Crippen LogP contribution in [0.25, 0.3) is 0 Å². The van der Waals surface area contributed by atoms with E-state index in [1.54, 1.807) is 12.1 Å². The summed E-state index contributed by atoms with van der Waals surface area (Å²) in [5, 5.41) is 0. The molecule has 1 rings (SSSR count). The van der Waals surface area contributed by atoms with E-state index in [1.807, 2.05) is 12.1 Å². The lowest BCUT2D eigenvalue weighted by Crippen LogP contribution is -2.40. The van der Waals surface area contributed by atoms with Crippen LogP contribution in [0.4, 0.5) is 0 Å². The van der Waals surface area contributed by atoms with Crippen molar-refractivity contribution in [1.82, 2.24) is 0 Å². The zero-order valence-corrected chi connectivity index (χ0v) is 15.4. The Labute approximate surface area is 139 Å². The van der Waals surface area contributed by atoms with Crippen LogP contribution in [0.15, 0.2) is 29.2 Å². The third-order valence-electron chi connectivity index (χ3n) is 4.73. The summed E-state index contributed by atoms with van der Waals surface area (Å²) in [5.41, 5.74) is -0.387. The van der Waals surface area contributed by atoms with E-state index in [1.165, 1.54) is 20.8 Å². The molecular weight excluding hydrogens is 312 g/mol. The third-order valence-corrected chi connectivity index (χ3v) is 6.68. The molecule has 0 atom stereocenters. The molecule has 4 nitrogen and oxygen atoms in total. The molecule has 0 bridgehead atoms. The van der Waals surface area contributed by atoms with Gasteiger partial charge in [0.1, 0.15) is 11.6 Å². The molecule has 0 N–H and O–H groups in total. The van der Waals surface area contributed by atoms with Crippen molar-refractivity contribution in [2.75, 3.05) is 5.75 Å². The zero-order valence-electron chi connectivity index (χ0n) is 14.5. The highest BCUT2D eigenvalue weighted by Gasteiger charge is 2.40. The van der Waals surface area contributed by atoms with Gasteiger partial charge in [0.25, 0.3) is 0 Å². The standard InChI is InChI=1S/C18H26O4S/c1-6-15(7-2)16-8-10-17(11-9-16)23(21,22)12-18(5,13(3)19)14(4)20/h8-11,15H,6-7,12H2,1-5H3. The van der Waals surface area contributed by atoms with Crippen molar-refractivity contribution in [3.63, 3.8) is 0 Å². The number of sulfone groups is 1. The van der Waals surface area contributed by atoms with Crippen molar-refractivity contribution < 1.29 is 18.0 Å². The molecule has 0 saturated heterocycles. The molecule has 0 saturated carbocycles. The molecule has 0 amide bonds. The second-order valence-corrected chi connectivity index (χ2v) is 8.28. The van der Waals surface area contributed by atoms with Gasteiger partial charge in [0.15, 0.2) is 9.84 Å². The van der Waals surface area contributed by atoms with Crippen molar-refractivity contribution in [1.29, 1.82) is 0 Å². The number of benzene rings is 1. The first-order chi connectivity index (χ1) is 10.6. The van der Waals surface area contributed by atoms with Crippen LogP contribution < -0.4 is 0 Å². The van der Waals surface area contributed by atoms with Gasteiger partial charge in [0, 0.05) is 0 Å². The molecule has 1 aromatic rings. The summed E-state index contributed by atoms with van der Waals surface area (Å²) in [6.45, 7) is 8.11. The highest BCUT2D eigenvalue weighted by atomic mass is 32.2. The van der Waals surface area contributed by atoms with Crippen LogP contribution in [0.5, 0.6) is 0 Å². The number of carbonyl (C=O) groups excluding carboxylic acids is 2. The van der Waals surface area contributed by atoms with Gasteiger partial charge in [-0.15, -0.1) is 0 Å². The van der Waals surface area contributed by atoms with Crippen molar-refractivity contribution in [2.24, 2.45) is 5.41 Å². The maximum atomic E-state index is 12.6. The maximum absolute atomic E-state index is 12.6. The molecule has 0 heterocycles. The Hall–Kier alpha value is -1.49. The van der Waals surface area contributed by atoms with Gasteiger partial charge in [-0.25, -0.2) is 8.42 Å². The second kappa shape index (κ2) is 7.39. The fourth-order valence-corrected chi connectivity index (χ4v) is 4.51. The topological polar surface area (TPSA) is 68.3 Å². The van der Waals surface area contributed by atoms with E-state index in [9.17, 15) is 18.0 Å². The van der Waals surface area contributed by atoms with Gasteiger partial charge in [0.2, 0.25) is 0 Å². The van der Waals surface area contributed by atoms with E-state index in [2.05, 4.69) is 13.8 Å². The van der Waals surface area contributed by atoms with E-state index in [0.717, 1.165) is 18.4 Å². The molecule has 128 valence electrons. The first-order valence-corrected chi connectivity index (χ1v) is 9.58. The van der Waals surface area contributed by atoms with Gasteiger partial charge in [-0.3, -0.25) is 9.59 Å². The minimum absolute atomic E-state index is 0.154. The predicted molar refractivity (Wildman–Crippen MR) is 91.3 cm³/mol. The summed E-state index contributed by atoms with van der Waals surface area (Å²) in [6, 6.07) is 6.79. The largest absolute Gasteiger partial charge is 0.299 e. The van der Waals surface area contributed by atoms with E-state index in [-0.39, 0.29) is 4.90 Å². The Morgan fingerprint density at radius 1 is 1.00 bits per heavy atom. The number of hydrogen-bond donors (Lipinski definition) is 0. The molecule has 5 heteroatoms. The zero-order chi connectivity index (χ0) is 17.8. The fourth-order valence-electron chi connectivity index (χ4n) is 2.62. The molecule has 0 spiro atoms. The molecule has 0 aliphatic heterocycles. The lowest BCUT2D eigenvalue weighted by molar-refractivity contribution is -0.135. The Kier molecular flexibility index (Phi) is 6.28. The summed E-state index contributed by atoms with van der Waals surface area (Å²) in [5.74, 6) is -0.939. The summed E-state index contributed by atoms with van der Waals surface area (Å²) in [7, 11) is -3.71. The van der Waals surface area contributed by atoms with Crippen molar-refractivity contribution in [3.8, 4) is 0 Å². The first kappa shape index (κ1) is 19.6. The average molecular weight is 338 g/mol. The van der Waals surface area contributed by atoms with E-state index in [4.69, 9.17) is 0 Å². The van der Waals surface area contributed by atoms with Crippen molar-refractivity contribution in [3.05, 3.63) is 29.8 Å². The maximum Gasteiger partial charge on any atom is 0.179 e. The summed E-state index contributed by atoms with van der Waals surface area (Å²) >= 11 is 0. The molecule has 0 aliphatic carbocycles. The van der Waals surface area contributed by atoms with Crippen LogP contribution >= 0.6 is 0 Å². The minimum atomic E-state index is -3.71. The minimum Gasteiger partial charge on any atom is -0.299 e. The average Bonchev–Trinajstić information content (AvgIpc) is 2.48. The van der Waals surface area contributed by atoms with Gasteiger partial charge >= 0.3 is 0 Å². The number of carbonyl (C=O) groups is 2. The highest BCUT2D eigenvalue weighted by Crippen LogP contribution is 2.28. The summed E-state index contributed by atoms with van der Waals surface area (Å²) < 4.78 is 25.1. The Balaban J connectivity index is 3.14. The molecular formula is C18H26O4S. The van der Waals surface area contributed by atoms with Crippen LogP contribution in [-0.2, 0) is 19.4 Å². The molecule has 0 aromatic heterocycles. The van der Waals surface area contributed by atoms with Crippen LogP contribution in [0.3, 0.4) is 0 Å². The van der Waals surface area contributed by atoms with E-state index >= 15 is 0 Å². The molecule has 0 aliphatic rings. The lowest BCUT2D eigenvalue weighted by Gasteiger charge is -2.23. The molecule has 0 fully saturated rings. The third kappa shape index (κ3) is 4.28. The van der Waals surface area contributed by atoms with Crippen LogP contribution in [0.2, 0.25) is 0 Å². The number of Topliss-reactive ketones (excluding diaryl/α,β-unsaturated/α-hetero) is 2. The van der Waals surface area contributed by atoms with Gasteiger partial charge in [0.05, 0.1) is 16.1 Å². The molecule has 0 radical (unpaired) electrons. The Bertz CT molecular complexity index is 653. The molecule has 1 aromatic carbocycles. The van der Waals surface area contributed by atoms with Gasteiger partial charge in [-0.05, 0) is 57.2 Å². The SMILES string of the molecule is CCC(CC)c1ccc(S(=O)(=O)CC(C)(C(C)=O)C(C)=O)cc1. The lowest BCUT2D eigenvalue weighted by atomic mass is 9.85. The van der Waals surface area contributed by atoms with Gasteiger partial charge in [-0.2, -0.15) is 0 Å². The van der Waals surface area contributed by atoms with Crippen LogP contribution in [-0.4, -0.2) is 25.7 Å². The van der Waals surface area contributed by atoms with Crippen molar-refractivity contribution in [2.45, 2.75) is 58.3 Å². The Morgan fingerprint density at radius 2 is 1.43 bits per heavy atom. The van der Waals surface area contributed by atoms with E-state index < -0.39 is 32.6 Å². The molecule has 23 heavy (non-hydrogen) atoms. The van der Waals surface area contributed by atoms with Crippen molar-refractivity contribution >= 4 is 21.4 Å². The normalized spacial score (nSPS) is 12.4. The highest BCUT2D eigenvalue weighted by molar-refractivity contribution is 7.91. The summed E-state index contributed by atoms with van der Waals surface area (Å²) in [4.78, 5) is 23.7. The van der Waals surface area contributed by atoms with Crippen LogP contribution in [0, 0.1) is 5.41 Å². The predicted octanol–water partition coefficient (Wildman–Crippen LogP) is 3.55. The van der Waals surface area contributed by atoms with E-state index in [0.29, 0.717) is 5.92 Å². The number of rotatable bonds is 8. The number of hydrogen-bond acceptors (Lipinski definition) is 4. The summed E-state index contributed by atoms with van der Waals surface area (Å²) in [6.07, 6.45) is 1.99. The molecule has 0 unspecified atom stereocenters. The second-order valence-electron chi connectivity index (χ2n) is 6.29. The van der Waals surface area contributed by atoms with Gasteiger partial charge < -0.3 is 0 Å². The smallest absolute Gasteiger partial charge is 0.179 e.